The third kappa shape index (κ3) is 2.93. The Bertz CT molecular complexity index is 436. The summed E-state index contributed by atoms with van der Waals surface area (Å²) in [6.07, 6.45) is 0. The van der Waals surface area contributed by atoms with E-state index in [0.717, 1.165) is 13.1 Å². The molecule has 0 amide bonds. The number of hydrogen-bond donors (Lipinski definition) is 1. The molecule has 0 aliphatic carbocycles. The molecule has 1 saturated heterocycles. The van der Waals surface area contributed by atoms with Crippen molar-refractivity contribution in [2.75, 3.05) is 31.6 Å². The molecule has 106 valence electrons. The molecule has 1 unspecified atom stereocenters. The normalized spacial score (nSPS) is 23.7. The van der Waals surface area contributed by atoms with Gasteiger partial charge in [0.2, 0.25) is 0 Å². The van der Waals surface area contributed by atoms with Gasteiger partial charge in [-0.2, -0.15) is 0 Å². The van der Waals surface area contributed by atoms with E-state index < -0.39 is 0 Å². The molecule has 0 spiro atoms. The van der Waals surface area contributed by atoms with Gasteiger partial charge in [0.05, 0.1) is 12.6 Å². The van der Waals surface area contributed by atoms with Crippen molar-refractivity contribution in [3.05, 3.63) is 29.3 Å². The van der Waals surface area contributed by atoms with E-state index in [1.54, 1.807) is 0 Å². The molecule has 1 aromatic carbocycles. The van der Waals surface area contributed by atoms with Crippen LogP contribution in [0.4, 0.5) is 5.69 Å². The van der Waals surface area contributed by atoms with E-state index in [-0.39, 0.29) is 18.2 Å². The molecule has 1 atom stereocenters. The van der Waals surface area contributed by atoms with Crippen LogP contribution in [0.2, 0.25) is 0 Å². The average molecular weight is 262 g/mol. The Labute approximate surface area is 116 Å². The summed E-state index contributed by atoms with van der Waals surface area (Å²) in [5.74, 6) is 0. The lowest BCUT2D eigenvalue weighted by molar-refractivity contribution is 0.137. The zero-order valence-electron chi connectivity index (χ0n) is 12.8. The van der Waals surface area contributed by atoms with E-state index in [0.29, 0.717) is 0 Å². The van der Waals surface area contributed by atoms with Crippen molar-refractivity contribution < 1.29 is 5.11 Å². The number of aliphatic hydroxyl groups excluding tert-OH is 1. The van der Waals surface area contributed by atoms with Gasteiger partial charge in [0.25, 0.3) is 0 Å². The summed E-state index contributed by atoms with van der Waals surface area (Å²) in [5, 5.41) is 9.74. The molecule has 3 heteroatoms. The first-order valence-corrected chi connectivity index (χ1v) is 7.00. The summed E-state index contributed by atoms with van der Waals surface area (Å²) in [6.45, 7) is 10.9. The van der Waals surface area contributed by atoms with Gasteiger partial charge in [-0.05, 0) is 58.0 Å². The molecule has 1 aliphatic rings. The van der Waals surface area contributed by atoms with Gasteiger partial charge >= 0.3 is 0 Å². The second-order valence-corrected chi connectivity index (χ2v) is 6.56. The molecule has 0 aromatic heterocycles. The Balaban J connectivity index is 2.43. The third-order valence-electron chi connectivity index (χ3n) is 3.89. The molecule has 1 heterocycles. The van der Waals surface area contributed by atoms with Crippen LogP contribution in [0.3, 0.4) is 0 Å². The predicted molar refractivity (Wildman–Crippen MR) is 80.8 cm³/mol. The zero-order chi connectivity index (χ0) is 14.2. The highest BCUT2D eigenvalue weighted by Gasteiger charge is 2.38. The van der Waals surface area contributed by atoms with Gasteiger partial charge in [0.15, 0.2) is 0 Å². The van der Waals surface area contributed by atoms with Crippen LogP contribution in [0.25, 0.3) is 0 Å². The van der Waals surface area contributed by atoms with Gasteiger partial charge in [-0.15, -0.1) is 0 Å². The van der Waals surface area contributed by atoms with E-state index in [4.69, 9.17) is 0 Å². The van der Waals surface area contributed by atoms with Crippen LogP contribution < -0.4 is 4.90 Å². The lowest BCUT2D eigenvalue weighted by atomic mass is 9.93. The van der Waals surface area contributed by atoms with Crippen LogP contribution in [0.5, 0.6) is 0 Å². The zero-order valence-corrected chi connectivity index (χ0v) is 12.8. The molecule has 19 heavy (non-hydrogen) atoms. The number of likely N-dealkylation sites (N-methyl/N-ethyl adjacent to an activating group) is 1. The first kappa shape index (κ1) is 14.4. The highest BCUT2D eigenvalue weighted by molar-refractivity contribution is 5.54. The Morgan fingerprint density at radius 3 is 2.32 bits per heavy atom. The van der Waals surface area contributed by atoms with Crippen LogP contribution in [0, 0.1) is 13.8 Å². The SMILES string of the molecule is Cc1cc(C)cc(N2C(CO)CN(C)CC2(C)C)c1. The molecule has 0 saturated carbocycles. The van der Waals surface area contributed by atoms with Crippen LogP contribution >= 0.6 is 0 Å². The Hall–Kier alpha value is -1.06. The van der Waals surface area contributed by atoms with Crippen molar-refractivity contribution in [1.29, 1.82) is 0 Å². The molecular weight excluding hydrogens is 236 g/mol. The molecule has 1 N–H and O–H groups in total. The molecule has 1 aromatic rings. The number of aryl methyl sites for hydroxylation is 2. The monoisotopic (exact) mass is 262 g/mol. The minimum Gasteiger partial charge on any atom is -0.394 e. The smallest absolute Gasteiger partial charge is 0.0653 e. The van der Waals surface area contributed by atoms with E-state index in [9.17, 15) is 5.11 Å². The van der Waals surface area contributed by atoms with Crippen molar-refractivity contribution in [2.24, 2.45) is 0 Å². The van der Waals surface area contributed by atoms with Gasteiger partial charge < -0.3 is 14.9 Å². The van der Waals surface area contributed by atoms with Crippen LogP contribution in [-0.2, 0) is 0 Å². The number of aliphatic hydroxyl groups is 1. The van der Waals surface area contributed by atoms with E-state index in [2.05, 4.69) is 62.7 Å². The summed E-state index contributed by atoms with van der Waals surface area (Å²) in [5.41, 5.74) is 3.82. The first-order chi connectivity index (χ1) is 8.83. The van der Waals surface area contributed by atoms with Crippen molar-refractivity contribution in [2.45, 2.75) is 39.3 Å². The second kappa shape index (κ2) is 5.14. The molecule has 2 rings (SSSR count). The minimum atomic E-state index is 0.0284. The maximum absolute atomic E-state index is 9.74. The summed E-state index contributed by atoms with van der Waals surface area (Å²) in [4.78, 5) is 4.70. The topological polar surface area (TPSA) is 26.7 Å². The molecule has 0 radical (unpaired) electrons. The van der Waals surface area contributed by atoms with Crippen molar-refractivity contribution in [3.63, 3.8) is 0 Å². The summed E-state index contributed by atoms with van der Waals surface area (Å²) in [7, 11) is 2.13. The van der Waals surface area contributed by atoms with Gasteiger partial charge in [0.1, 0.15) is 0 Å². The fourth-order valence-corrected chi connectivity index (χ4v) is 3.53. The summed E-state index contributed by atoms with van der Waals surface area (Å²) >= 11 is 0. The maximum Gasteiger partial charge on any atom is 0.0653 e. The van der Waals surface area contributed by atoms with E-state index >= 15 is 0 Å². The van der Waals surface area contributed by atoms with Crippen LogP contribution in [-0.4, -0.2) is 48.3 Å². The number of anilines is 1. The summed E-state index contributed by atoms with van der Waals surface area (Å²) < 4.78 is 0. The van der Waals surface area contributed by atoms with Crippen LogP contribution in [0.15, 0.2) is 18.2 Å². The molecule has 1 aliphatic heterocycles. The average Bonchev–Trinajstić information content (AvgIpc) is 2.24. The van der Waals surface area contributed by atoms with Gasteiger partial charge in [-0.1, -0.05) is 6.07 Å². The van der Waals surface area contributed by atoms with Gasteiger partial charge in [-0.25, -0.2) is 0 Å². The highest BCUT2D eigenvalue weighted by atomic mass is 16.3. The first-order valence-electron chi connectivity index (χ1n) is 7.00. The summed E-state index contributed by atoms with van der Waals surface area (Å²) in [6, 6.07) is 6.81. The van der Waals surface area contributed by atoms with Crippen molar-refractivity contribution >= 4 is 5.69 Å². The lowest BCUT2D eigenvalue weighted by Crippen LogP contribution is -2.64. The highest BCUT2D eigenvalue weighted by Crippen LogP contribution is 2.32. The lowest BCUT2D eigenvalue weighted by Gasteiger charge is -2.52. The van der Waals surface area contributed by atoms with Crippen molar-refractivity contribution in [1.82, 2.24) is 4.90 Å². The van der Waals surface area contributed by atoms with E-state index in [1.807, 2.05) is 0 Å². The fourth-order valence-electron chi connectivity index (χ4n) is 3.53. The minimum absolute atomic E-state index is 0.0284. The molecule has 0 bridgehead atoms. The number of benzene rings is 1. The standard InChI is InChI=1S/C16H26N2O/c1-12-6-13(2)8-14(7-12)18-15(10-19)9-17(5)11-16(18,3)4/h6-8,15,19H,9-11H2,1-5H3. The van der Waals surface area contributed by atoms with Crippen LogP contribution in [0.1, 0.15) is 25.0 Å². The number of piperazine rings is 1. The number of hydrogen-bond acceptors (Lipinski definition) is 3. The van der Waals surface area contributed by atoms with Gasteiger partial charge in [0, 0.05) is 24.3 Å². The Morgan fingerprint density at radius 2 is 1.79 bits per heavy atom. The van der Waals surface area contributed by atoms with E-state index in [1.165, 1.54) is 16.8 Å². The maximum atomic E-state index is 9.74. The molecule has 1 fully saturated rings. The quantitative estimate of drug-likeness (QED) is 0.885. The molecule has 3 nitrogen and oxygen atoms in total. The van der Waals surface area contributed by atoms with Gasteiger partial charge in [-0.3, -0.25) is 0 Å². The number of nitrogens with zero attached hydrogens (tertiary/aromatic N) is 2. The fraction of sp³-hybridized carbons (Fsp3) is 0.625. The predicted octanol–water partition coefficient (Wildman–Crippen LogP) is 2.19. The third-order valence-corrected chi connectivity index (χ3v) is 3.89. The second-order valence-electron chi connectivity index (χ2n) is 6.56. The number of rotatable bonds is 2. The molecular formula is C16H26N2O. The Morgan fingerprint density at radius 1 is 1.21 bits per heavy atom. The van der Waals surface area contributed by atoms with Crippen molar-refractivity contribution in [3.8, 4) is 0 Å². The Kier molecular flexibility index (Phi) is 3.88. The largest absolute Gasteiger partial charge is 0.394 e.